The molecule has 1 heterocycles. The van der Waals surface area contributed by atoms with Crippen LogP contribution in [0.2, 0.25) is 0 Å². The monoisotopic (exact) mass is 460 g/mol. The van der Waals surface area contributed by atoms with Crippen LogP contribution in [-0.2, 0) is 16.6 Å². The minimum Gasteiger partial charge on any atom is -0.345 e. The molecule has 172 valence electrons. The van der Waals surface area contributed by atoms with Crippen molar-refractivity contribution in [1.29, 1.82) is 0 Å². The van der Waals surface area contributed by atoms with E-state index in [1.165, 1.54) is 10.9 Å². The highest BCUT2D eigenvalue weighted by Gasteiger charge is 2.24. The Labute approximate surface area is 197 Å². The Bertz CT molecular complexity index is 1380. The van der Waals surface area contributed by atoms with E-state index in [1.807, 2.05) is 52.0 Å². The highest BCUT2D eigenvalue weighted by Crippen LogP contribution is 2.31. The van der Waals surface area contributed by atoms with E-state index in [1.54, 1.807) is 0 Å². The maximum absolute atomic E-state index is 13.3. The molecule has 4 aromatic rings. The summed E-state index contributed by atoms with van der Waals surface area (Å²) in [4.78, 5) is 0.393. The maximum Gasteiger partial charge on any atom is 0.241 e. The molecule has 0 radical (unpaired) electrons. The first-order valence-electron chi connectivity index (χ1n) is 11.4. The highest BCUT2D eigenvalue weighted by molar-refractivity contribution is 7.89. The second kappa shape index (κ2) is 9.16. The fourth-order valence-corrected chi connectivity index (χ4v) is 6.48. The second-order valence-electron chi connectivity index (χ2n) is 9.03. The summed E-state index contributed by atoms with van der Waals surface area (Å²) in [5.74, 6) is 0. The van der Waals surface area contributed by atoms with Crippen molar-refractivity contribution in [3.05, 3.63) is 89.1 Å². The van der Waals surface area contributed by atoms with E-state index in [4.69, 9.17) is 0 Å². The Morgan fingerprint density at radius 1 is 0.879 bits per heavy atom. The topological polar surface area (TPSA) is 51.1 Å². The van der Waals surface area contributed by atoms with Crippen LogP contribution in [-0.4, -0.2) is 19.0 Å². The summed E-state index contributed by atoms with van der Waals surface area (Å²) in [6.45, 7) is 10.4. The number of nitrogens with one attached hydrogen (secondary N) is 1. The second-order valence-corrected chi connectivity index (χ2v) is 10.7. The van der Waals surface area contributed by atoms with Crippen LogP contribution in [0.5, 0.6) is 0 Å². The van der Waals surface area contributed by atoms with E-state index in [-0.39, 0.29) is 6.04 Å². The van der Waals surface area contributed by atoms with Crippen molar-refractivity contribution in [2.75, 3.05) is 0 Å². The average molecular weight is 461 g/mol. The molecule has 4 nitrogen and oxygen atoms in total. The molecule has 1 aromatic heterocycles. The molecule has 1 atom stereocenters. The fourth-order valence-electron chi connectivity index (χ4n) is 4.72. The third kappa shape index (κ3) is 4.75. The van der Waals surface area contributed by atoms with Crippen molar-refractivity contribution in [1.82, 2.24) is 9.29 Å². The first-order chi connectivity index (χ1) is 15.7. The minimum absolute atomic E-state index is 0.225. The number of benzene rings is 3. The molecule has 0 fully saturated rings. The van der Waals surface area contributed by atoms with Gasteiger partial charge in [0.1, 0.15) is 0 Å². The summed E-state index contributed by atoms with van der Waals surface area (Å²) in [6.07, 6.45) is 2.84. The number of sulfonamides is 1. The van der Waals surface area contributed by atoms with Gasteiger partial charge in [0.15, 0.2) is 0 Å². The number of para-hydroxylation sites is 1. The molecule has 0 aliphatic heterocycles. The van der Waals surface area contributed by atoms with Crippen LogP contribution in [0.25, 0.3) is 22.0 Å². The quantitative estimate of drug-likeness (QED) is 0.352. The zero-order chi connectivity index (χ0) is 23.8. The lowest BCUT2D eigenvalue weighted by Gasteiger charge is -2.20. The third-order valence-electron chi connectivity index (χ3n) is 6.26. The molecule has 0 saturated carbocycles. The molecule has 33 heavy (non-hydrogen) atoms. The first-order valence-corrected chi connectivity index (χ1v) is 12.9. The Morgan fingerprint density at radius 2 is 1.52 bits per heavy atom. The number of aryl methyl sites for hydroxylation is 4. The Kier molecular flexibility index (Phi) is 6.46. The largest absolute Gasteiger partial charge is 0.345 e. The summed E-state index contributed by atoms with van der Waals surface area (Å²) in [5, 5.41) is 1.17. The lowest BCUT2D eigenvalue weighted by Crippen LogP contribution is -2.38. The summed E-state index contributed by atoms with van der Waals surface area (Å²) < 4.78 is 31.9. The van der Waals surface area contributed by atoms with Gasteiger partial charge in [-0.2, -0.15) is 0 Å². The lowest BCUT2D eigenvalue weighted by atomic mass is 10.0. The van der Waals surface area contributed by atoms with Crippen LogP contribution in [0.3, 0.4) is 0 Å². The first kappa shape index (κ1) is 23.3. The van der Waals surface area contributed by atoms with E-state index >= 15 is 0 Å². The van der Waals surface area contributed by atoms with Gasteiger partial charge in [-0.05, 0) is 56.9 Å². The summed E-state index contributed by atoms with van der Waals surface area (Å²) in [7, 11) is -3.64. The average Bonchev–Trinajstić information content (AvgIpc) is 3.11. The van der Waals surface area contributed by atoms with Crippen molar-refractivity contribution >= 4 is 20.9 Å². The molecule has 3 aromatic carbocycles. The smallest absolute Gasteiger partial charge is 0.241 e. The number of rotatable bonds is 7. The molecule has 0 aliphatic rings. The van der Waals surface area contributed by atoms with Crippen LogP contribution >= 0.6 is 0 Å². The van der Waals surface area contributed by atoms with Gasteiger partial charge < -0.3 is 4.57 Å². The van der Waals surface area contributed by atoms with E-state index in [0.29, 0.717) is 17.9 Å². The van der Waals surface area contributed by atoms with E-state index in [9.17, 15) is 8.42 Å². The molecule has 1 N–H and O–H groups in total. The van der Waals surface area contributed by atoms with Gasteiger partial charge in [0.25, 0.3) is 0 Å². The molecule has 0 amide bonds. The van der Waals surface area contributed by atoms with Crippen molar-refractivity contribution in [2.45, 2.75) is 58.5 Å². The summed E-state index contributed by atoms with van der Waals surface area (Å²) >= 11 is 0. The molecular formula is C28H32N2O2S. The highest BCUT2D eigenvalue weighted by atomic mass is 32.2. The maximum atomic E-state index is 13.3. The van der Waals surface area contributed by atoms with Crippen molar-refractivity contribution in [2.24, 2.45) is 0 Å². The number of hydrogen-bond acceptors (Lipinski definition) is 2. The SMILES string of the molecule is CC[C@@H](Cn1cc(-c2ccc(C)cc2)c2ccccc21)NS(=O)(=O)c1c(C)cc(C)cc1C. The molecular weight excluding hydrogens is 428 g/mol. The predicted molar refractivity (Wildman–Crippen MR) is 137 cm³/mol. The molecule has 0 saturated heterocycles. The van der Waals surface area contributed by atoms with Crippen LogP contribution in [0.4, 0.5) is 0 Å². The Hall–Kier alpha value is -2.89. The molecule has 0 spiro atoms. The number of aromatic nitrogens is 1. The van der Waals surface area contributed by atoms with Gasteiger partial charge in [0.2, 0.25) is 10.0 Å². The van der Waals surface area contributed by atoms with Crippen molar-refractivity contribution in [3.8, 4) is 11.1 Å². The normalized spacial score (nSPS) is 12.9. The van der Waals surface area contributed by atoms with Gasteiger partial charge in [0.05, 0.1) is 4.90 Å². The predicted octanol–water partition coefficient (Wildman–Crippen LogP) is 6.30. The van der Waals surface area contributed by atoms with Gasteiger partial charge >= 0.3 is 0 Å². The molecule has 0 aliphatic carbocycles. The van der Waals surface area contributed by atoms with E-state index in [2.05, 4.69) is 58.8 Å². The van der Waals surface area contributed by atoms with Gasteiger partial charge in [-0.25, -0.2) is 13.1 Å². The fraction of sp³-hybridized carbons (Fsp3) is 0.286. The van der Waals surface area contributed by atoms with Crippen molar-refractivity contribution in [3.63, 3.8) is 0 Å². The van der Waals surface area contributed by atoms with Crippen LogP contribution < -0.4 is 4.72 Å². The zero-order valence-electron chi connectivity index (χ0n) is 20.0. The third-order valence-corrected chi connectivity index (χ3v) is 8.08. The van der Waals surface area contributed by atoms with Crippen LogP contribution in [0.1, 0.15) is 35.6 Å². The zero-order valence-corrected chi connectivity index (χ0v) is 20.8. The summed E-state index contributed by atoms with van der Waals surface area (Å²) in [6, 6.07) is 20.5. The van der Waals surface area contributed by atoms with Crippen LogP contribution in [0, 0.1) is 27.7 Å². The Morgan fingerprint density at radius 3 is 2.15 bits per heavy atom. The number of fused-ring (bicyclic) bond motifs is 1. The van der Waals surface area contributed by atoms with E-state index in [0.717, 1.165) is 33.3 Å². The minimum atomic E-state index is -3.64. The van der Waals surface area contributed by atoms with E-state index < -0.39 is 10.0 Å². The molecule has 0 unspecified atom stereocenters. The molecule has 5 heteroatoms. The number of hydrogen-bond donors (Lipinski definition) is 1. The van der Waals surface area contributed by atoms with Crippen LogP contribution in [0.15, 0.2) is 71.8 Å². The van der Waals surface area contributed by atoms with Gasteiger partial charge in [-0.15, -0.1) is 0 Å². The van der Waals surface area contributed by atoms with Crippen molar-refractivity contribution < 1.29 is 8.42 Å². The molecule has 0 bridgehead atoms. The summed E-state index contributed by atoms with van der Waals surface area (Å²) in [5.41, 5.74) is 7.28. The van der Waals surface area contributed by atoms with Gasteiger partial charge in [-0.1, -0.05) is 72.6 Å². The number of nitrogens with zero attached hydrogens (tertiary/aromatic N) is 1. The standard InChI is InChI=1S/C28H32N2O2S/c1-6-24(29-33(31,32)28-21(4)15-20(3)16-22(28)5)17-30-18-26(23-13-11-19(2)12-14-23)25-9-7-8-10-27(25)30/h7-16,18,24,29H,6,17H2,1-5H3/t24-/m0/s1. The molecule has 4 rings (SSSR count). The van der Waals surface area contributed by atoms with Gasteiger partial charge in [0, 0.05) is 35.2 Å². The Balaban J connectivity index is 1.68. The lowest BCUT2D eigenvalue weighted by molar-refractivity contribution is 0.491. The van der Waals surface area contributed by atoms with Gasteiger partial charge in [-0.3, -0.25) is 0 Å².